The molecular formula is C14H18ClNO2S. The first-order chi connectivity index (χ1) is 9.11. The van der Waals surface area contributed by atoms with Crippen LogP contribution < -0.4 is 4.90 Å². The van der Waals surface area contributed by atoms with Gasteiger partial charge in [0, 0.05) is 23.9 Å². The number of thioether (sulfide) groups is 1. The maximum Gasteiger partial charge on any atom is 0.240 e. The van der Waals surface area contributed by atoms with E-state index in [9.17, 15) is 4.79 Å². The molecule has 104 valence electrons. The van der Waals surface area contributed by atoms with Crippen molar-refractivity contribution < 1.29 is 9.90 Å². The predicted octanol–water partition coefficient (Wildman–Crippen LogP) is 2.81. The van der Waals surface area contributed by atoms with Gasteiger partial charge in [-0.25, -0.2) is 0 Å². The van der Waals surface area contributed by atoms with Crippen LogP contribution in [0.15, 0.2) is 24.3 Å². The lowest BCUT2D eigenvalue weighted by Gasteiger charge is -2.17. The monoisotopic (exact) mass is 299 g/mol. The van der Waals surface area contributed by atoms with Gasteiger partial charge in [0.1, 0.15) is 0 Å². The minimum Gasteiger partial charge on any atom is -0.396 e. The van der Waals surface area contributed by atoms with Crippen molar-refractivity contribution >= 4 is 35.0 Å². The van der Waals surface area contributed by atoms with Gasteiger partial charge in [-0.15, -0.1) is 11.8 Å². The molecule has 0 aliphatic carbocycles. The number of carbonyl (C=O) groups is 1. The van der Waals surface area contributed by atoms with Crippen molar-refractivity contribution in [1.82, 2.24) is 0 Å². The molecular weight excluding hydrogens is 282 g/mol. The number of benzene rings is 1. The molecule has 1 fully saturated rings. The van der Waals surface area contributed by atoms with E-state index in [2.05, 4.69) is 0 Å². The lowest BCUT2D eigenvalue weighted by atomic mass is 10.2. The van der Waals surface area contributed by atoms with Crippen molar-refractivity contribution in [3.05, 3.63) is 29.3 Å². The molecule has 3 nitrogen and oxygen atoms in total. The topological polar surface area (TPSA) is 40.5 Å². The second kappa shape index (κ2) is 6.64. The first-order valence-corrected chi connectivity index (χ1v) is 7.84. The first kappa shape index (κ1) is 14.7. The molecule has 1 N–H and O–H groups in total. The Bertz CT molecular complexity index is 455. The number of nitrogens with zero attached hydrogens (tertiary/aromatic N) is 1. The zero-order valence-corrected chi connectivity index (χ0v) is 12.5. The smallest absolute Gasteiger partial charge is 0.240 e. The summed E-state index contributed by atoms with van der Waals surface area (Å²) in [5.41, 5.74) is 0.871. The van der Waals surface area contributed by atoms with E-state index in [0.29, 0.717) is 5.02 Å². The van der Waals surface area contributed by atoms with Crippen LogP contribution in [0.5, 0.6) is 0 Å². The highest BCUT2D eigenvalue weighted by atomic mass is 35.5. The van der Waals surface area contributed by atoms with Crippen LogP contribution in [0, 0.1) is 5.92 Å². The zero-order chi connectivity index (χ0) is 13.8. The molecule has 1 aliphatic rings. The molecule has 2 rings (SSSR count). The number of aliphatic hydroxyl groups excluding tert-OH is 1. The summed E-state index contributed by atoms with van der Waals surface area (Å²) in [5.74, 6) is 1.20. The van der Waals surface area contributed by atoms with Gasteiger partial charge in [0.15, 0.2) is 0 Å². The van der Waals surface area contributed by atoms with Crippen molar-refractivity contribution in [3.8, 4) is 0 Å². The maximum absolute atomic E-state index is 12.3. The quantitative estimate of drug-likeness (QED) is 0.909. The molecule has 1 aromatic carbocycles. The molecule has 2 atom stereocenters. The predicted molar refractivity (Wildman–Crippen MR) is 80.9 cm³/mol. The van der Waals surface area contributed by atoms with Gasteiger partial charge >= 0.3 is 0 Å². The Morgan fingerprint density at radius 2 is 2.37 bits per heavy atom. The number of anilines is 1. The van der Waals surface area contributed by atoms with E-state index in [1.54, 1.807) is 22.7 Å². The van der Waals surface area contributed by atoms with E-state index in [1.807, 2.05) is 25.1 Å². The Labute approximate surface area is 122 Å². The Hall–Kier alpha value is -0.710. The summed E-state index contributed by atoms with van der Waals surface area (Å²) in [6.45, 7) is 2.90. The van der Waals surface area contributed by atoms with E-state index in [-0.39, 0.29) is 23.7 Å². The highest BCUT2D eigenvalue weighted by Gasteiger charge is 2.32. The van der Waals surface area contributed by atoms with Crippen LogP contribution in [-0.2, 0) is 4.79 Å². The fourth-order valence-electron chi connectivity index (χ4n) is 2.04. The van der Waals surface area contributed by atoms with Crippen molar-refractivity contribution in [3.63, 3.8) is 0 Å². The molecule has 1 heterocycles. The van der Waals surface area contributed by atoms with Crippen molar-refractivity contribution in [1.29, 1.82) is 0 Å². The van der Waals surface area contributed by atoms with Gasteiger partial charge in [-0.1, -0.05) is 24.6 Å². The van der Waals surface area contributed by atoms with E-state index in [4.69, 9.17) is 16.7 Å². The minimum absolute atomic E-state index is 0.00739. The highest BCUT2D eigenvalue weighted by Crippen LogP contribution is 2.30. The van der Waals surface area contributed by atoms with Gasteiger partial charge in [-0.2, -0.15) is 0 Å². The second-order valence-electron chi connectivity index (χ2n) is 4.87. The first-order valence-electron chi connectivity index (χ1n) is 6.41. The molecule has 5 heteroatoms. The van der Waals surface area contributed by atoms with Crippen molar-refractivity contribution in [2.24, 2.45) is 5.92 Å². The molecule has 0 spiro atoms. The van der Waals surface area contributed by atoms with Crippen molar-refractivity contribution in [2.45, 2.75) is 18.6 Å². The Morgan fingerprint density at radius 3 is 3.05 bits per heavy atom. The summed E-state index contributed by atoms with van der Waals surface area (Å²) in [5, 5.41) is 9.67. The van der Waals surface area contributed by atoms with Crippen molar-refractivity contribution in [2.75, 3.05) is 23.8 Å². The lowest BCUT2D eigenvalue weighted by molar-refractivity contribution is -0.116. The zero-order valence-electron chi connectivity index (χ0n) is 10.9. The summed E-state index contributed by atoms with van der Waals surface area (Å²) >= 11 is 7.60. The fraction of sp³-hybridized carbons (Fsp3) is 0.500. The molecule has 0 radical (unpaired) electrons. The molecule has 1 aromatic rings. The Balaban J connectivity index is 1.98. The van der Waals surface area contributed by atoms with Crippen LogP contribution in [0.2, 0.25) is 5.02 Å². The average molecular weight is 300 g/mol. The van der Waals surface area contributed by atoms with E-state index < -0.39 is 0 Å². The summed E-state index contributed by atoms with van der Waals surface area (Å²) in [4.78, 5) is 14.1. The van der Waals surface area contributed by atoms with Crippen LogP contribution in [0.25, 0.3) is 0 Å². The third kappa shape index (κ3) is 3.65. The number of hydrogen-bond donors (Lipinski definition) is 1. The van der Waals surface area contributed by atoms with Crippen LogP contribution in [-0.4, -0.2) is 35.2 Å². The molecule has 1 amide bonds. The average Bonchev–Trinajstić information content (AvgIpc) is 2.77. The van der Waals surface area contributed by atoms with Gasteiger partial charge in [0.2, 0.25) is 5.91 Å². The molecule has 0 aromatic heterocycles. The standard InChI is InChI=1S/C14H18ClNO2S/c1-10(8-17)9-19-13-5-6-16(14(13)18)12-4-2-3-11(15)7-12/h2-4,7,10,13,17H,5-6,8-9H2,1H3/t10-,13-/m1/s1. The van der Waals surface area contributed by atoms with Crippen LogP contribution >= 0.6 is 23.4 Å². The number of hydrogen-bond acceptors (Lipinski definition) is 3. The summed E-state index contributed by atoms with van der Waals surface area (Å²) in [7, 11) is 0. The summed E-state index contributed by atoms with van der Waals surface area (Å²) in [6, 6.07) is 7.40. The second-order valence-corrected chi connectivity index (χ2v) is 6.54. The van der Waals surface area contributed by atoms with E-state index in [0.717, 1.165) is 24.4 Å². The van der Waals surface area contributed by atoms with Gasteiger partial charge in [0.25, 0.3) is 0 Å². The van der Waals surface area contributed by atoms with E-state index in [1.165, 1.54) is 0 Å². The number of amides is 1. The van der Waals surface area contributed by atoms with Crippen LogP contribution in [0.3, 0.4) is 0 Å². The number of rotatable bonds is 5. The fourth-order valence-corrected chi connectivity index (χ4v) is 3.43. The van der Waals surface area contributed by atoms with Gasteiger partial charge < -0.3 is 10.0 Å². The SMILES string of the molecule is C[C@H](CO)CS[C@@H]1CCN(c2cccc(Cl)c2)C1=O. The Morgan fingerprint density at radius 1 is 1.58 bits per heavy atom. The van der Waals surface area contributed by atoms with Gasteiger partial charge in [0.05, 0.1) is 5.25 Å². The summed E-state index contributed by atoms with van der Waals surface area (Å²) < 4.78 is 0. The molecule has 1 aliphatic heterocycles. The third-order valence-corrected chi connectivity index (χ3v) is 5.01. The highest BCUT2D eigenvalue weighted by molar-refractivity contribution is 8.00. The largest absolute Gasteiger partial charge is 0.396 e. The summed E-state index contributed by atoms with van der Waals surface area (Å²) in [6.07, 6.45) is 0.855. The third-order valence-electron chi connectivity index (χ3n) is 3.17. The maximum atomic E-state index is 12.3. The molecule has 19 heavy (non-hydrogen) atoms. The normalized spacial score (nSPS) is 20.9. The van der Waals surface area contributed by atoms with Gasteiger partial charge in [-0.3, -0.25) is 4.79 Å². The van der Waals surface area contributed by atoms with Crippen LogP contribution in [0.1, 0.15) is 13.3 Å². The lowest BCUT2D eigenvalue weighted by Crippen LogP contribution is -2.28. The number of carbonyl (C=O) groups excluding carboxylic acids is 1. The van der Waals surface area contributed by atoms with Gasteiger partial charge in [-0.05, 0) is 36.3 Å². The number of aliphatic hydroxyl groups is 1. The van der Waals surface area contributed by atoms with Crippen LogP contribution in [0.4, 0.5) is 5.69 Å². The minimum atomic E-state index is 0.00739. The molecule has 0 bridgehead atoms. The molecule has 0 unspecified atom stereocenters. The Kier molecular flexibility index (Phi) is 5.13. The molecule has 1 saturated heterocycles. The number of halogens is 1. The van der Waals surface area contributed by atoms with E-state index >= 15 is 0 Å². The molecule has 0 saturated carbocycles.